The Kier molecular flexibility index (Phi) is 5.70. The third-order valence-electron chi connectivity index (χ3n) is 5.72. The molecule has 1 aliphatic heterocycles. The SMILES string of the molecule is Cc1ncc(-c2ccncc2C)c([C@@H]2CCCCN2C(=O)c2cc(C(F)(F)F)nn2C)n1. The van der Waals surface area contributed by atoms with Gasteiger partial charge in [-0.15, -0.1) is 0 Å². The van der Waals surface area contributed by atoms with Crippen LogP contribution in [0.15, 0.2) is 30.7 Å². The maximum absolute atomic E-state index is 13.4. The molecule has 0 aliphatic carbocycles. The van der Waals surface area contributed by atoms with Crippen LogP contribution < -0.4 is 0 Å². The number of carbonyl (C=O) groups is 1. The standard InChI is InChI=1S/C22H23F3N6O/c1-13-11-26-8-7-15(13)16-12-27-14(2)28-20(16)17-6-4-5-9-31(17)21(32)18-10-19(22(23,24)25)29-30(18)3/h7-8,10-12,17H,4-6,9H2,1-3H3/t17-/m0/s1. The van der Waals surface area contributed by atoms with Crippen LogP contribution in [-0.2, 0) is 13.2 Å². The second-order valence-corrected chi connectivity index (χ2v) is 7.95. The minimum atomic E-state index is -4.62. The molecule has 3 aromatic heterocycles. The molecule has 0 spiro atoms. The van der Waals surface area contributed by atoms with Crippen LogP contribution in [-0.4, -0.2) is 42.1 Å². The van der Waals surface area contributed by atoms with Crippen molar-refractivity contribution in [2.45, 2.75) is 45.3 Å². The summed E-state index contributed by atoms with van der Waals surface area (Å²) in [5.74, 6) is 0.0715. The van der Waals surface area contributed by atoms with Gasteiger partial charge in [-0.25, -0.2) is 9.97 Å². The molecule has 7 nitrogen and oxygen atoms in total. The topological polar surface area (TPSA) is 76.8 Å². The van der Waals surface area contributed by atoms with Gasteiger partial charge in [0.2, 0.25) is 0 Å². The fourth-order valence-electron chi connectivity index (χ4n) is 4.14. The van der Waals surface area contributed by atoms with Gasteiger partial charge in [0, 0.05) is 43.8 Å². The average molecular weight is 444 g/mol. The molecule has 0 unspecified atom stereocenters. The van der Waals surface area contributed by atoms with Crippen LogP contribution in [0.1, 0.15) is 58.6 Å². The number of pyridine rings is 1. The molecule has 3 aromatic rings. The normalized spacial score (nSPS) is 16.9. The number of likely N-dealkylation sites (tertiary alicyclic amines) is 1. The van der Waals surface area contributed by atoms with Crippen LogP contribution in [0, 0.1) is 13.8 Å². The third-order valence-corrected chi connectivity index (χ3v) is 5.72. The number of rotatable bonds is 3. The van der Waals surface area contributed by atoms with Gasteiger partial charge in [0.15, 0.2) is 5.69 Å². The fraction of sp³-hybridized carbons (Fsp3) is 0.409. The Hall–Kier alpha value is -3.30. The number of aromatic nitrogens is 5. The molecule has 0 N–H and O–H groups in total. The molecule has 168 valence electrons. The molecule has 10 heteroatoms. The first-order chi connectivity index (χ1) is 15.2. The van der Waals surface area contributed by atoms with Gasteiger partial charge >= 0.3 is 6.18 Å². The number of alkyl halides is 3. The lowest BCUT2D eigenvalue weighted by molar-refractivity contribution is -0.141. The Morgan fingerprint density at radius 1 is 1.16 bits per heavy atom. The first-order valence-electron chi connectivity index (χ1n) is 10.3. The molecule has 1 amide bonds. The Morgan fingerprint density at radius 2 is 1.94 bits per heavy atom. The van der Waals surface area contributed by atoms with Crippen LogP contribution >= 0.6 is 0 Å². The van der Waals surface area contributed by atoms with E-state index in [0.717, 1.165) is 40.3 Å². The molecule has 4 rings (SSSR count). The van der Waals surface area contributed by atoms with E-state index in [1.54, 1.807) is 30.4 Å². The van der Waals surface area contributed by atoms with Crippen LogP contribution in [0.4, 0.5) is 13.2 Å². The molecule has 0 bridgehead atoms. The van der Waals surface area contributed by atoms with Gasteiger partial charge < -0.3 is 4.90 Å². The van der Waals surface area contributed by atoms with Crippen molar-refractivity contribution in [3.8, 4) is 11.1 Å². The summed E-state index contributed by atoms with van der Waals surface area (Å²) in [4.78, 5) is 28.2. The number of hydrogen-bond acceptors (Lipinski definition) is 5. The zero-order valence-electron chi connectivity index (χ0n) is 18.0. The summed E-state index contributed by atoms with van der Waals surface area (Å²) in [6.07, 6.45) is 2.85. The number of aryl methyl sites for hydroxylation is 3. The van der Waals surface area contributed by atoms with Crippen molar-refractivity contribution >= 4 is 5.91 Å². The van der Waals surface area contributed by atoms with Gasteiger partial charge in [0.25, 0.3) is 5.91 Å². The highest BCUT2D eigenvalue weighted by Gasteiger charge is 2.38. The van der Waals surface area contributed by atoms with E-state index in [9.17, 15) is 18.0 Å². The molecule has 32 heavy (non-hydrogen) atoms. The van der Waals surface area contributed by atoms with E-state index >= 15 is 0 Å². The van der Waals surface area contributed by atoms with E-state index < -0.39 is 17.8 Å². The minimum Gasteiger partial charge on any atom is -0.329 e. The number of nitrogens with zero attached hydrogens (tertiary/aromatic N) is 6. The van der Waals surface area contributed by atoms with E-state index in [1.165, 1.54) is 7.05 Å². The van der Waals surface area contributed by atoms with Gasteiger partial charge in [-0.2, -0.15) is 18.3 Å². The highest BCUT2D eigenvalue weighted by molar-refractivity contribution is 5.93. The van der Waals surface area contributed by atoms with Crippen molar-refractivity contribution in [2.24, 2.45) is 7.05 Å². The summed E-state index contributed by atoms with van der Waals surface area (Å²) in [5.41, 5.74) is 2.16. The van der Waals surface area contributed by atoms with Crippen LogP contribution in [0.5, 0.6) is 0 Å². The molecule has 0 aromatic carbocycles. The molecular weight excluding hydrogens is 421 g/mol. The first kappa shape index (κ1) is 21.9. The number of carbonyl (C=O) groups excluding carboxylic acids is 1. The van der Waals surface area contributed by atoms with Crippen LogP contribution in [0.2, 0.25) is 0 Å². The average Bonchev–Trinajstić information content (AvgIpc) is 3.16. The molecule has 1 saturated heterocycles. The smallest absolute Gasteiger partial charge is 0.329 e. The van der Waals surface area contributed by atoms with Gasteiger partial charge in [0.1, 0.15) is 11.5 Å². The van der Waals surface area contributed by atoms with Crippen molar-refractivity contribution in [3.05, 3.63) is 59.2 Å². The number of halogens is 3. The lowest BCUT2D eigenvalue weighted by Crippen LogP contribution is -2.40. The summed E-state index contributed by atoms with van der Waals surface area (Å²) in [7, 11) is 1.35. The van der Waals surface area contributed by atoms with E-state index in [4.69, 9.17) is 0 Å². The summed E-state index contributed by atoms with van der Waals surface area (Å²) in [5, 5.41) is 3.50. The quantitative estimate of drug-likeness (QED) is 0.603. The van der Waals surface area contributed by atoms with Crippen molar-refractivity contribution < 1.29 is 18.0 Å². The Balaban J connectivity index is 1.77. The van der Waals surface area contributed by atoms with Crippen molar-refractivity contribution in [2.75, 3.05) is 6.54 Å². The number of piperidine rings is 1. The highest BCUT2D eigenvalue weighted by atomic mass is 19.4. The van der Waals surface area contributed by atoms with Gasteiger partial charge in [0.05, 0.1) is 11.7 Å². The van der Waals surface area contributed by atoms with E-state index in [-0.39, 0.29) is 11.7 Å². The molecule has 1 atom stereocenters. The third kappa shape index (κ3) is 4.09. The summed E-state index contributed by atoms with van der Waals surface area (Å²) in [6, 6.07) is 2.30. The van der Waals surface area contributed by atoms with Crippen molar-refractivity contribution in [1.82, 2.24) is 29.6 Å². The molecule has 0 radical (unpaired) electrons. The molecule has 4 heterocycles. The minimum absolute atomic E-state index is 0.100. The number of hydrogen-bond donors (Lipinski definition) is 0. The second-order valence-electron chi connectivity index (χ2n) is 7.95. The fourth-order valence-corrected chi connectivity index (χ4v) is 4.14. The predicted molar refractivity (Wildman–Crippen MR) is 111 cm³/mol. The van der Waals surface area contributed by atoms with Gasteiger partial charge in [-0.1, -0.05) is 0 Å². The summed E-state index contributed by atoms with van der Waals surface area (Å²) in [6.45, 7) is 4.14. The Morgan fingerprint density at radius 3 is 2.62 bits per heavy atom. The zero-order chi connectivity index (χ0) is 23.0. The van der Waals surface area contributed by atoms with Crippen molar-refractivity contribution in [3.63, 3.8) is 0 Å². The molecule has 0 saturated carbocycles. The highest BCUT2D eigenvalue weighted by Crippen LogP contribution is 2.37. The predicted octanol–water partition coefficient (Wildman–Crippen LogP) is 4.28. The van der Waals surface area contributed by atoms with Crippen LogP contribution in [0.3, 0.4) is 0 Å². The van der Waals surface area contributed by atoms with Gasteiger partial charge in [-0.3, -0.25) is 14.5 Å². The largest absolute Gasteiger partial charge is 0.435 e. The Bertz CT molecular complexity index is 1160. The molecule has 1 aliphatic rings. The number of amides is 1. The first-order valence-corrected chi connectivity index (χ1v) is 10.3. The lowest BCUT2D eigenvalue weighted by atomic mass is 9.92. The van der Waals surface area contributed by atoms with Crippen molar-refractivity contribution in [1.29, 1.82) is 0 Å². The van der Waals surface area contributed by atoms with Gasteiger partial charge in [-0.05, 0) is 50.3 Å². The second kappa shape index (κ2) is 8.33. The van der Waals surface area contributed by atoms with E-state index in [1.807, 2.05) is 13.0 Å². The maximum atomic E-state index is 13.4. The zero-order valence-corrected chi connectivity index (χ0v) is 18.0. The molecular formula is C22H23F3N6O. The van der Waals surface area contributed by atoms with E-state index in [2.05, 4.69) is 20.1 Å². The summed E-state index contributed by atoms with van der Waals surface area (Å²) < 4.78 is 40.4. The summed E-state index contributed by atoms with van der Waals surface area (Å²) >= 11 is 0. The van der Waals surface area contributed by atoms with Crippen LogP contribution in [0.25, 0.3) is 11.1 Å². The monoisotopic (exact) mass is 444 g/mol. The lowest BCUT2D eigenvalue weighted by Gasteiger charge is -2.36. The van der Waals surface area contributed by atoms with E-state index in [0.29, 0.717) is 24.5 Å². The molecule has 1 fully saturated rings. The Labute approximate surface area is 183 Å². The maximum Gasteiger partial charge on any atom is 0.435 e.